The minimum Gasteiger partial charge on any atom is -0.481 e. The second-order valence-electron chi connectivity index (χ2n) is 12.4. The zero-order chi connectivity index (χ0) is 32.3. The van der Waals surface area contributed by atoms with E-state index in [2.05, 4.69) is 28.4 Å². The zero-order valence-corrected chi connectivity index (χ0v) is 26.4. The first-order chi connectivity index (χ1) is 22.4. The largest absolute Gasteiger partial charge is 0.481 e. The van der Waals surface area contributed by atoms with Crippen LogP contribution in [0.4, 0.5) is 0 Å². The third-order valence-corrected chi connectivity index (χ3v) is 8.97. The molecule has 0 saturated carbocycles. The molecule has 2 fully saturated rings. The second kappa shape index (κ2) is 16.8. The minimum absolute atomic E-state index is 0.00574. The van der Waals surface area contributed by atoms with Gasteiger partial charge in [0, 0.05) is 44.0 Å². The van der Waals surface area contributed by atoms with E-state index in [1.165, 1.54) is 0 Å². The Morgan fingerprint density at radius 2 is 1.61 bits per heavy atom. The van der Waals surface area contributed by atoms with Crippen LogP contribution in [-0.2, 0) is 32.2 Å². The fraction of sp³-hybridized carbons (Fsp3) is 0.459. The number of carboxylic acid groups (broad SMARTS) is 1. The topological polar surface area (TPSA) is 129 Å². The Bertz CT molecular complexity index is 1430. The molecule has 0 spiro atoms. The molecule has 0 unspecified atom stereocenters. The van der Waals surface area contributed by atoms with Gasteiger partial charge < -0.3 is 30.1 Å². The molecule has 2 heterocycles. The van der Waals surface area contributed by atoms with Crippen LogP contribution in [0.2, 0.25) is 0 Å². The smallest absolute Gasteiger partial charge is 0.303 e. The van der Waals surface area contributed by atoms with Gasteiger partial charge in [0.1, 0.15) is 0 Å². The highest BCUT2D eigenvalue weighted by atomic mass is 16.7. The molecule has 0 radical (unpaired) electrons. The van der Waals surface area contributed by atoms with E-state index < -0.39 is 12.3 Å². The number of unbranched alkanes of at least 4 members (excludes halogenated alkanes) is 2. The molecule has 2 aliphatic rings. The van der Waals surface area contributed by atoms with Crippen molar-refractivity contribution in [1.82, 2.24) is 10.2 Å². The van der Waals surface area contributed by atoms with Gasteiger partial charge in [0.15, 0.2) is 6.29 Å². The SMILES string of the molecule is O=C(O)CCCCCC(=O)NCc1cccc(-c2cccc([C@@H]3O[C@H](CN4CCC[C@H]4CO)C[C@H](c4ccc(CO)cc4)O3)c2)c1. The molecule has 1 amide bonds. The number of aliphatic hydroxyl groups excluding tert-OH is 2. The number of nitrogens with zero attached hydrogens (tertiary/aromatic N) is 1. The van der Waals surface area contributed by atoms with E-state index in [0.717, 1.165) is 65.7 Å². The van der Waals surface area contributed by atoms with Crippen molar-refractivity contribution in [3.8, 4) is 11.1 Å². The first kappa shape index (κ1) is 33.8. The molecule has 4 atom stereocenters. The van der Waals surface area contributed by atoms with Gasteiger partial charge in [0.2, 0.25) is 5.91 Å². The van der Waals surface area contributed by atoms with Gasteiger partial charge in [-0.25, -0.2) is 0 Å². The summed E-state index contributed by atoms with van der Waals surface area (Å²) in [5.74, 6) is -0.842. The first-order valence-electron chi connectivity index (χ1n) is 16.4. The summed E-state index contributed by atoms with van der Waals surface area (Å²) in [7, 11) is 0. The molecule has 2 saturated heterocycles. The highest BCUT2D eigenvalue weighted by Gasteiger charge is 2.35. The summed E-state index contributed by atoms with van der Waals surface area (Å²) in [4.78, 5) is 25.3. The first-order valence-corrected chi connectivity index (χ1v) is 16.4. The highest BCUT2D eigenvalue weighted by Crippen LogP contribution is 2.39. The van der Waals surface area contributed by atoms with Crippen LogP contribution in [0.25, 0.3) is 11.1 Å². The number of carbonyl (C=O) groups excluding carboxylic acids is 1. The lowest BCUT2D eigenvalue weighted by molar-refractivity contribution is -0.253. The number of aliphatic hydroxyl groups is 2. The number of carboxylic acids is 1. The highest BCUT2D eigenvalue weighted by molar-refractivity contribution is 5.76. The third kappa shape index (κ3) is 9.47. The van der Waals surface area contributed by atoms with Crippen molar-refractivity contribution in [3.63, 3.8) is 0 Å². The van der Waals surface area contributed by atoms with Gasteiger partial charge in [-0.05, 0) is 72.2 Å². The number of rotatable bonds is 15. The molecule has 0 bridgehead atoms. The molecule has 2 aliphatic heterocycles. The third-order valence-electron chi connectivity index (χ3n) is 8.97. The maximum Gasteiger partial charge on any atom is 0.303 e. The predicted octanol–water partition coefficient (Wildman–Crippen LogP) is 5.50. The molecule has 246 valence electrons. The molecule has 3 aromatic rings. The van der Waals surface area contributed by atoms with Crippen molar-refractivity contribution >= 4 is 11.9 Å². The second-order valence-corrected chi connectivity index (χ2v) is 12.4. The van der Waals surface area contributed by atoms with Crippen LogP contribution in [0.3, 0.4) is 0 Å². The summed E-state index contributed by atoms with van der Waals surface area (Å²) in [5.41, 5.74) is 5.84. The summed E-state index contributed by atoms with van der Waals surface area (Å²) in [5, 5.41) is 31.2. The Balaban J connectivity index is 1.26. The van der Waals surface area contributed by atoms with Gasteiger partial charge in [-0.2, -0.15) is 0 Å². The summed E-state index contributed by atoms with van der Waals surface area (Å²) < 4.78 is 13.2. The van der Waals surface area contributed by atoms with Crippen LogP contribution in [-0.4, -0.2) is 63.9 Å². The molecule has 0 aliphatic carbocycles. The summed E-state index contributed by atoms with van der Waals surface area (Å²) >= 11 is 0. The molecule has 0 aromatic heterocycles. The molecule has 4 N–H and O–H groups in total. The Kier molecular flexibility index (Phi) is 12.3. The average molecular weight is 631 g/mol. The van der Waals surface area contributed by atoms with Crippen LogP contribution in [0.5, 0.6) is 0 Å². The number of benzene rings is 3. The average Bonchev–Trinajstić information content (AvgIpc) is 3.54. The van der Waals surface area contributed by atoms with Crippen molar-refractivity contribution in [1.29, 1.82) is 0 Å². The lowest BCUT2D eigenvalue weighted by atomic mass is 9.98. The Morgan fingerprint density at radius 3 is 2.37 bits per heavy atom. The van der Waals surface area contributed by atoms with E-state index >= 15 is 0 Å². The maximum absolute atomic E-state index is 12.3. The Morgan fingerprint density at radius 1 is 0.848 bits per heavy atom. The number of carbonyl (C=O) groups is 2. The van der Waals surface area contributed by atoms with Crippen LogP contribution in [0.1, 0.15) is 86.0 Å². The van der Waals surface area contributed by atoms with Crippen LogP contribution in [0.15, 0.2) is 72.8 Å². The van der Waals surface area contributed by atoms with E-state index in [-0.39, 0.29) is 43.8 Å². The Hall–Kier alpha value is -3.60. The van der Waals surface area contributed by atoms with Gasteiger partial charge in [-0.3, -0.25) is 14.5 Å². The summed E-state index contributed by atoms with van der Waals surface area (Å²) in [6, 6.07) is 24.3. The molecule has 9 heteroatoms. The maximum atomic E-state index is 12.3. The van der Waals surface area contributed by atoms with Crippen molar-refractivity contribution in [2.24, 2.45) is 0 Å². The quantitative estimate of drug-likeness (QED) is 0.162. The van der Waals surface area contributed by atoms with E-state index in [9.17, 15) is 19.8 Å². The van der Waals surface area contributed by atoms with Crippen molar-refractivity contribution in [3.05, 3.63) is 95.1 Å². The number of aliphatic carboxylic acids is 1. The molecule has 9 nitrogen and oxygen atoms in total. The molecular formula is C37H46N2O7. The standard InChI is InChI=1S/C37H46N2O7/c40-24-26-14-16-28(17-15-26)34-21-33(23-39-18-6-11-32(39)25-41)45-37(46-34)31-10-5-9-30(20-31)29-8-4-7-27(19-29)22-38-35(42)12-2-1-3-13-36(43)44/h4-5,7-10,14-17,19-20,32-34,37,40-41H,1-3,6,11-13,18,21-25H2,(H,38,42)(H,43,44)/t32-,33-,34+,37+/m0/s1. The number of likely N-dealkylation sites (tertiary alicyclic amines) is 1. The molecule has 3 aromatic carbocycles. The number of amides is 1. The van der Waals surface area contributed by atoms with Crippen molar-refractivity contribution in [2.45, 2.75) is 89.1 Å². The van der Waals surface area contributed by atoms with Gasteiger partial charge in [0.25, 0.3) is 0 Å². The van der Waals surface area contributed by atoms with E-state index in [1.807, 2.05) is 54.6 Å². The number of hydrogen-bond donors (Lipinski definition) is 4. The normalized spacial score (nSPS) is 21.7. The monoisotopic (exact) mass is 630 g/mol. The number of nitrogens with one attached hydrogen (secondary N) is 1. The predicted molar refractivity (Wildman–Crippen MR) is 175 cm³/mol. The Labute approximate surface area is 271 Å². The fourth-order valence-corrected chi connectivity index (χ4v) is 6.39. The fourth-order valence-electron chi connectivity index (χ4n) is 6.39. The van der Waals surface area contributed by atoms with Gasteiger partial charge in [-0.15, -0.1) is 0 Å². The number of ether oxygens (including phenoxy) is 2. The van der Waals surface area contributed by atoms with Crippen LogP contribution >= 0.6 is 0 Å². The van der Waals surface area contributed by atoms with Crippen molar-refractivity contribution in [2.75, 3.05) is 19.7 Å². The van der Waals surface area contributed by atoms with Crippen molar-refractivity contribution < 1.29 is 34.4 Å². The van der Waals surface area contributed by atoms with E-state index in [1.54, 1.807) is 0 Å². The molecule has 5 rings (SSSR count). The molecular weight excluding hydrogens is 584 g/mol. The lowest BCUT2D eigenvalue weighted by Gasteiger charge is -2.38. The van der Waals surface area contributed by atoms with Gasteiger partial charge in [0.05, 0.1) is 25.4 Å². The van der Waals surface area contributed by atoms with Crippen LogP contribution < -0.4 is 5.32 Å². The summed E-state index contributed by atoms with van der Waals surface area (Å²) in [6.45, 7) is 2.24. The number of hydrogen-bond acceptors (Lipinski definition) is 7. The van der Waals surface area contributed by atoms with E-state index in [4.69, 9.17) is 14.6 Å². The van der Waals surface area contributed by atoms with E-state index in [0.29, 0.717) is 32.2 Å². The summed E-state index contributed by atoms with van der Waals surface area (Å²) in [6.07, 6.45) is 4.42. The molecule has 46 heavy (non-hydrogen) atoms. The van der Waals surface area contributed by atoms with Gasteiger partial charge in [-0.1, -0.05) is 67.1 Å². The zero-order valence-electron chi connectivity index (χ0n) is 26.4. The lowest BCUT2D eigenvalue weighted by Crippen LogP contribution is -2.42. The van der Waals surface area contributed by atoms with Crippen LogP contribution in [0, 0.1) is 0 Å². The minimum atomic E-state index is -0.804. The van der Waals surface area contributed by atoms with Gasteiger partial charge >= 0.3 is 5.97 Å².